The van der Waals surface area contributed by atoms with Crippen molar-refractivity contribution in [1.29, 1.82) is 0 Å². The lowest BCUT2D eigenvalue weighted by molar-refractivity contribution is -0.116. The summed E-state index contributed by atoms with van der Waals surface area (Å²) in [5.74, 6) is -1.32. The minimum atomic E-state index is -4.07. The molecule has 2 rings (SSSR count). The highest BCUT2D eigenvalue weighted by molar-refractivity contribution is 7.89. The molecule has 0 aromatic heterocycles. The normalized spacial score (nSPS) is 11.2. The summed E-state index contributed by atoms with van der Waals surface area (Å²) in [7, 11) is -1.66. The van der Waals surface area contributed by atoms with Gasteiger partial charge in [-0.15, -0.1) is 0 Å². The minimum Gasteiger partial charge on any atom is -0.465 e. The van der Waals surface area contributed by atoms with Crippen LogP contribution in [0.2, 0.25) is 5.02 Å². The lowest BCUT2D eigenvalue weighted by Gasteiger charge is -2.18. The number of nitrogens with one attached hydrogen (secondary N) is 1. The molecule has 138 valence electrons. The molecule has 0 aliphatic rings. The number of esters is 1. The zero-order chi connectivity index (χ0) is 19.3. The van der Waals surface area contributed by atoms with Crippen LogP contribution in [0.4, 0.5) is 5.69 Å². The smallest absolute Gasteiger partial charge is 0.339 e. The van der Waals surface area contributed by atoms with Crippen molar-refractivity contribution in [2.24, 2.45) is 0 Å². The molecule has 0 spiro atoms. The maximum Gasteiger partial charge on any atom is 0.339 e. The lowest BCUT2D eigenvalue weighted by atomic mass is 10.2. The number of hydrogen-bond donors (Lipinski definition) is 1. The van der Waals surface area contributed by atoms with Crippen LogP contribution in [0.1, 0.15) is 10.4 Å². The van der Waals surface area contributed by atoms with Crippen molar-refractivity contribution < 1.29 is 22.7 Å². The van der Waals surface area contributed by atoms with Gasteiger partial charge in [-0.1, -0.05) is 29.8 Å². The lowest BCUT2D eigenvalue weighted by Crippen LogP contribution is -2.35. The molecule has 7 nitrogen and oxygen atoms in total. The third kappa shape index (κ3) is 4.60. The van der Waals surface area contributed by atoms with Crippen LogP contribution in [0.15, 0.2) is 53.4 Å². The Morgan fingerprint density at radius 1 is 1.15 bits per heavy atom. The molecule has 0 radical (unpaired) electrons. The summed E-state index contributed by atoms with van der Waals surface area (Å²) in [5.41, 5.74) is 0.348. The van der Waals surface area contributed by atoms with Crippen LogP contribution in [0.5, 0.6) is 0 Å². The van der Waals surface area contributed by atoms with E-state index >= 15 is 0 Å². The molecule has 0 unspecified atom stereocenters. The van der Waals surface area contributed by atoms with E-state index in [4.69, 9.17) is 11.6 Å². The van der Waals surface area contributed by atoms with Crippen LogP contribution in [-0.4, -0.2) is 45.3 Å². The summed E-state index contributed by atoms with van der Waals surface area (Å²) in [5, 5.41) is 3.01. The van der Waals surface area contributed by atoms with Crippen LogP contribution < -0.4 is 5.32 Å². The van der Waals surface area contributed by atoms with E-state index in [1.165, 1.54) is 31.3 Å². The Labute approximate surface area is 156 Å². The molecule has 26 heavy (non-hydrogen) atoms. The van der Waals surface area contributed by atoms with Crippen molar-refractivity contribution in [3.63, 3.8) is 0 Å². The molecule has 2 aromatic rings. The summed E-state index contributed by atoms with van der Waals surface area (Å²) in [6.45, 7) is -0.440. The van der Waals surface area contributed by atoms with Gasteiger partial charge >= 0.3 is 5.97 Å². The first-order chi connectivity index (χ1) is 12.3. The average molecular weight is 397 g/mol. The summed E-state index contributed by atoms with van der Waals surface area (Å²) in [4.78, 5) is 23.7. The first kappa shape index (κ1) is 19.9. The predicted octanol–water partition coefficient (Wildman–Crippen LogP) is 2.39. The van der Waals surface area contributed by atoms with Gasteiger partial charge in [0.15, 0.2) is 0 Å². The Morgan fingerprint density at radius 3 is 2.50 bits per heavy atom. The van der Waals surface area contributed by atoms with E-state index in [0.717, 1.165) is 11.4 Å². The zero-order valence-corrected chi connectivity index (χ0v) is 15.7. The van der Waals surface area contributed by atoms with Gasteiger partial charge in [-0.2, -0.15) is 4.31 Å². The van der Waals surface area contributed by atoms with E-state index < -0.39 is 28.4 Å². The molecule has 0 fully saturated rings. The van der Waals surface area contributed by atoms with Gasteiger partial charge < -0.3 is 10.1 Å². The van der Waals surface area contributed by atoms with E-state index in [-0.39, 0.29) is 10.5 Å². The summed E-state index contributed by atoms with van der Waals surface area (Å²) in [6.07, 6.45) is 0. The number of amides is 1. The minimum absolute atomic E-state index is 0.0999. The molecule has 0 bridgehead atoms. The maximum atomic E-state index is 12.7. The van der Waals surface area contributed by atoms with Gasteiger partial charge in [0.05, 0.1) is 24.1 Å². The van der Waals surface area contributed by atoms with Crippen molar-refractivity contribution in [2.45, 2.75) is 4.90 Å². The fourth-order valence-electron chi connectivity index (χ4n) is 2.19. The van der Waals surface area contributed by atoms with Crippen molar-refractivity contribution in [3.05, 3.63) is 59.1 Å². The van der Waals surface area contributed by atoms with E-state index in [0.29, 0.717) is 10.7 Å². The number of carbonyl (C=O) groups excluding carboxylic acids is 2. The van der Waals surface area contributed by atoms with Gasteiger partial charge in [0, 0.05) is 17.8 Å². The molecule has 1 N–H and O–H groups in total. The summed E-state index contributed by atoms with van der Waals surface area (Å²) in [6, 6.07) is 12.1. The molecule has 0 aliphatic carbocycles. The Balaban J connectivity index is 2.19. The largest absolute Gasteiger partial charge is 0.465 e. The van der Waals surface area contributed by atoms with Crippen LogP contribution >= 0.6 is 11.6 Å². The zero-order valence-electron chi connectivity index (χ0n) is 14.1. The van der Waals surface area contributed by atoms with Crippen molar-refractivity contribution in [2.75, 3.05) is 26.0 Å². The average Bonchev–Trinajstić information content (AvgIpc) is 2.60. The molecule has 1 amide bonds. The number of hydrogen-bond acceptors (Lipinski definition) is 5. The second-order valence-corrected chi connectivity index (χ2v) is 7.76. The third-order valence-corrected chi connectivity index (χ3v) is 5.55. The monoisotopic (exact) mass is 396 g/mol. The third-order valence-electron chi connectivity index (χ3n) is 3.46. The summed E-state index contributed by atoms with van der Waals surface area (Å²) < 4.78 is 30.9. The molecule has 0 atom stereocenters. The van der Waals surface area contributed by atoms with Crippen LogP contribution in [0, 0.1) is 0 Å². The predicted molar refractivity (Wildman–Crippen MR) is 97.7 cm³/mol. The number of likely N-dealkylation sites (N-methyl/N-ethyl adjacent to an activating group) is 1. The molecule has 0 saturated carbocycles. The van der Waals surface area contributed by atoms with Crippen molar-refractivity contribution >= 4 is 39.2 Å². The van der Waals surface area contributed by atoms with Gasteiger partial charge in [0.2, 0.25) is 15.9 Å². The number of methoxy groups -OCH3 is 1. The molecule has 9 heteroatoms. The number of rotatable bonds is 6. The fourth-order valence-corrected chi connectivity index (χ4v) is 3.69. The molecule has 0 heterocycles. The van der Waals surface area contributed by atoms with Crippen LogP contribution in [0.25, 0.3) is 0 Å². The van der Waals surface area contributed by atoms with Crippen molar-refractivity contribution in [3.8, 4) is 0 Å². The van der Waals surface area contributed by atoms with Gasteiger partial charge in [-0.25, -0.2) is 13.2 Å². The Bertz CT molecular complexity index is 930. The molecule has 0 saturated heterocycles. The second kappa shape index (κ2) is 8.31. The number of carbonyl (C=O) groups is 2. The maximum absolute atomic E-state index is 12.7. The van der Waals surface area contributed by atoms with Gasteiger partial charge in [-0.3, -0.25) is 4.79 Å². The molecule has 0 aliphatic heterocycles. The van der Waals surface area contributed by atoms with Gasteiger partial charge in [-0.05, 0) is 30.3 Å². The quantitative estimate of drug-likeness (QED) is 0.757. The number of ether oxygens (including phenoxy) is 1. The van der Waals surface area contributed by atoms with Crippen LogP contribution in [0.3, 0.4) is 0 Å². The number of nitrogens with zero attached hydrogens (tertiary/aromatic N) is 1. The Morgan fingerprint density at radius 2 is 1.85 bits per heavy atom. The van der Waals surface area contributed by atoms with E-state index in [1.54, 1.807) is 24.3 Å². The number of halogens is 1. The standard InChI is InChI=1S/C17H17ClN2O5S/c1-20(11-16(21)19-13-7-5-6-12(18)10-13)26(23,24)15-9-4-3-8-14(15)17(22)25-2/h3-10H,11H2,1-2H3,(H,19,21). The van der Waals surface area contributed by atoms with Gasteiger partial charge in [0.25, 0.3) is 0 Å². The number of benzene rings is 2. The first-order valence-electron chi connectivity index (χ1n) is 7.45. The van der Waals surface area contributed by atoms with Crippen molar-refractivity contribution in [1.82, 2.24) is 4.31 Å². The highest BCUT2D eigenvalue weighted by atomic mass is 35.5. The molecular formula is C17H17ClN2O5S. The topological polar surface area (TPSA) is 92.8 Å². The Kier molecular flexibility index (Phi) is 6.36. The number of anilines is 1. The number of sulfonamides is 1. The highest BCUT2D eigenvalue weighted by Crippen LogP contribution is 2.20. The highest BCUT2D eigenvalue weighted by Gasteiger charge is 2.28. The second-order valence-electron chi connectivity index (χ2n) is 5.31. The fraction of sp³-hybridized carbons (Fsp3) is 0.176. The SMILES string of the molecule is COC(=O)c1ccccc1S(=O)(=O)N(C)CC(=O)Nc1cccc(Cl)c1. The molecule has 2 aromatic carbocycles. The Hall–Kier alpha value is -2.42. The summed E-state index contributed by atoms with van der Waals surface area (Å²) >= 11 is 5.85. The van der Waals surface area contributed by atoms with Crippen LogP contribution in [-0.2, 0) is 19.6 Å². The van der Waals surface area contributed by atoms with E-state index in [1.807, 2.05) is 0 Å². The van der Waals surface area contributed by atoms with E-state index in [2.05, 4.69) is 10.1 Å². The van der Waals surface area contributed by atoms with Gasteiger partial charge in [0.1, 0.15) is 0 Å². The van der Waals surface area contributed by atoms with E-state index in [9.17, 15) is 18.0 Å². The first-order valence-corrected chi connectivity index (χ1v) is 9.26. The molecular weight excluding hydrogens is 380 g/mol.